The van der Waals surface area contributed by atoms with Crippen LogP contribution in [0.1, 0.15) is 18.4 Å². The Morgan fingerprint density at radius 2 is 1.81 bits per heavy atom. The molecule has 0 radical (unpaired) electrons. The zero-order chi connectivity index (χ0) is 19.1. The van der Waals surface area contributed by atoms with Gasteiger partial charge in [-0.3, -0.25) is 9.59 Å². The Hall–Kier alpha value is -2.05. The van der Waals surface area contributed by atoms with Gasteiger partial charge in [-0.15, -0.1) is 0 Å². The second-order valence-electron chi connectivity index (χ2n) is 5.75. The largest absolute Gasteiger partial charge is 0.469 e. The van der Waals surface area contributed by atoms with Gasteiger partial charge in [-0.2, -0.15) is 0 Å². The number of rotatable bonds is 5. The quantitative estimate of drug-likeness (QED) is 0.561. The van der Waals surface area contributed by atoms with Crippen LogP contribution in [0.25, 0.3) is 6.08 Å². The Morgan fingerprint density at radius 3 is 2.38 bits per heavy atom. The van der Waals surface area contributed by atoms with Gasteiger partial charge < -0.3 is 14.4 Å². The molecule has 0 saturated carbocycles. The molecule has 1 fully saturated rings. The molecular weight excluding hydrogens is 381 g/mol. The van der Waals surface area contributed by atoms with Crippen molar-refractivity contribution in [2.24, 2.45) is 5.92 Å². The molecule has 1 aromatic carbocycles. The van der Waals surface area contributed by atoms with Crippen LogP contribution in [-0.4, -0.2) is 49.6 Å². The lowest BCUT2D eigenvalue weighted by Crippen LogP contribution is -2.42. The smallest absolute Gasteiger partial charge is 0.331 e. The average molecular weight is 400 g/mol. The lowest BCUT2D eigenvalue weighted by molar-refractivity contribution is -0.151. The molecule has 0 spiro atoms. The third-order valence-electron chi connectivity index (χ3n) is 4.11. The summed E-state index contributed by atoms with van der Waals surface area (Å²) in [6.07, 6.45) is 3.69. The van der Waals surface area contributed by atoms with Gasteiger partial charge in [0.25, 0.3) is 5.91 Å². The van der Waals surface area contributed by atoms with Crippen molar-refractivity contribution in [3.05, 3.63) is 39.9 Å². The van der Waals surface area contributed by atoms with Crippen molar-refractivity contribution < 1.29 is 23.9 Å². The molecule has 0 aromatic heterocycles. The van der Waals surface area contributed by atoms with Gasteiger partial charge in [0.2, 0.25) is 0 Å². The molecule has 0 unspecified atom stereocenters. The lowest BCUT2D eigenvalue weighted by atomic mass is 9.97. The molecule has 0 N–H and O–H groups in total. The summed E-state index contributed by atoms with van der Waals surface area (Å²) in [5, 5.41) is 0.817. The number of ether oxygens (including phenoxy) is 2. The molecular formula is C18H19Cl2NO5. The van der Waals surface area contributed by atoms with Crippen LogP contribution in [0.2, 0.25) is 10.0 Å². The van der Waals surface area contributed by atoms with E-state index >= 15 is 0 Å². The van der Waals surface area contributed by atoms with E-state index in [2.05, 4.69) is 0 Å². The number of hydrogen-bond donors (Lipinski definition) is 0. The van der Waals surface area contributed by atoms with E-state index in [0.717, 1.165) is 0 Å². The van der Waals surface area contributed by atoms with Gasteiger partial charge in [-0.1, -0.05) is 29.3 Å². The highest BCUT2D eigenvalue weighted by Crippen LogP contribution is 2.25. The summed E-state index contributed by atoms with van der Waals surface area (Å²) in [7, 11) is 1.35. The van der Waals surface area contributed by atoms with Gasteiger partial charge in [0.05, 0.1) is 13.0 Å². The Labute approximate surface area is 161 Å². The molecule has 1 saturated heterocycles. The summed E-state index contributed by atoms with van der Waals surface area (Å²) in [6.45, 7) is 0.505. The predicted octanol–water partition coefficient (Wildman–Crippen LogP) is 2.96. The van der Waals surface area contributed by atoms with Crippen LogP contribution < -0.4 is 0 Å². The van der Waals surface area contributed by atoms with Crippen molar-refractivity contribution in [3.63, 3.8) is 0 Å². The number of esters is 2. The van der Waals surface area contributed by atoms with Crippen molar-refractivity contribution in [1.82, 2.24) is 4.90 Å². The van der Waals surface area contributed by atoms with Crippen LogP contribution in [0.15, 0.2) is 24.3 Å². The number of methoxy groups -OCH3 is 1. The third kappa shape index (κ3) is 5.47. The van der Waals surface area contributed by atoms with E-state index < -0.39 is 5.97 Å². The minimum Gasteiger partial charge on any atom is -0.469 e. The van der Waals surface area contributed by atoms with Crippen molar-refractivity contribution in [2.75, 3.05) is 26.8 Å². The summed E-state index contributed by atoms with van der Waals surface area (Å²) in [6, 6.07) is 5.00. The highest BCUT2D eigenvalue weighted by Gasteiger charge is 2.28. The molecule has 8 heteroatoms. The monoisotopic (exact) mass is 399 g/mol. The number of benzene rings is 1. The van der Waals surface area contributed by atoms with Crippen molar-refractivity contribution in [3.8, 4) is 0 Å². The number of nitrogens with zero attached hydrogens (tertiary/aromatic N) is 1. The molecule has 0 bridgehead atoms. The summed E-state index contributed by atoms with van der Waals surface area (Å²) in [5.74, 6) is -1.41. The van der Waals surface area contributed by atoms with Crippen LogP contribution in [-0.2, 0) is 23.9 Å². The second kappa shape index (κ2) is 9.59. The first-order valence-corrected chi connectivity index (χ1v) is 8.82. The van der Waals surface area contributed by atoms with Crippen molar-refractivity contribution >= 4 is 47.1 Å². The van der Waals surface area contributed by atoms with Gasteiger partial charge in [-0.25, -0.2) is 4.79 Å². The molecule has 0 atom stereocenters. The van der Waals surface area contributed by atoms with E-state index in [-0.39, 0.29) is 24.4 Å². The van der Waals surface area contributed by atoms with E-state index in [9.17, 15) is 14.4 Å². The highest BCUT2D eigenvalue weighted by atomic mass is 35.5. The van der Waals surface area contributed by atoms with Gasteiger partial charge >= 0.3 is 11.9 Å². The number of halogens is 2. The molecule has 1 heterocycles. The van der Waals surface area contributed by atoms with E-state index in [1.54, 1.807) is 23.1 Å². The number of hydrogen-bond acceptors (Lipinski definition) is 5. The van der Waals surface area contributed by atoms with Crippen LogP contribution >= 0.6 is 23.2 Å². The normalized spacial score (nSPS) is 15.1. The Bertz CT molecular complexity index is 691. The molecule has 1 aliphatic rings. The first-order valence-electron chi connectivity index (χ1n) is 8.06. The average Bonchev–Trinajstić information content (AvgIpc) is 2.65. The minimum absolute atomic E-state index is 0.185. The summed E-state index contributed by atoms with van der Waals surface area (Å²) in [5.41, 5.74) is 0.504. The maximum atomic E-state index is 12.1. The molecule has 140 valence electrons. The lowest BCUT2D eigenvalue weighted by Gasteiger charge is -2.30. The highest BCUT2D eigenvalue weighted by molar-refractivity contribution is 6.37. The van der Waals surface area contributed by atoms with Crippen LogP contribution in [0, 0.1) is 5.92 Å². The van der Waals surface area contributed by atoms with Crippen LogP contribution in [0.3, 0.4) is 0 Å². The Morgan fingerprint density at radius 1 is 1.19 bits per heavy atom. The topological polar surface area (TPSA) is 72.9 Å². The van der Waals surface area contributed by atoms with E-state index in [1.165, 1.54) is 19.3 Å². The molecule has 1 aromatic rings. The van der Waals surface area contributed by atoms with Crippen LogP contribution in [0.4, 0.5) is 0 Å². The summed E-state index contributed by atoms with van der Waals surface area (Å²) in [4.78, 5) is 36.9. The maximum absolute atomic E-state index is 12.1. The molecule has 2 rings (SSSR count). The first kappa shape index (κ1) is 20.3. The van der Waals surface area contributed by atoms with E-state index in [4.69, 9.17) is 32.7 Å². The second-order valence-corrected chi connectivity index (χ2v) is 6.57. The SMILES string of the molecule is COC(=O)C1CCN(C(=O)COC(=O)/C=C/c2c(Cl)cccc2Cl)CC1. The van der Waals surface area contributed by atoms with Gasteiger partial charge in [0.1, 0.15) is 0 Å². The number of likely N-dealkylation sites (tertiary alicyclic amines) is 1. The molecule has 1 aliphatic heterocycles. The fraction of sp³-hybridized carbons (Fsp3) is 0.389. The van der Waals surface area contributed by atoms with Gasteiger partial charge in [-0.05, 0) is 31.1 Å². The summed E-state index contributed by atoms with van der Waals surface area (Å²) >= 11 is 12.0. The zero-order valence-corrected chi connectivity index (χ0v) is 15.8. The Kier molecular flexibility index (Phi) is 7.48. The van der Waals surface area contributed by atoms with E-state index in [1.807, 2.05) is 0 Å². The molecule has 26 heavy (non-hydrogen) atoms. The number of carbonyl (C=O) groups is 3. The standard InChI is InChI=1S/C18H19Cl2NO5/c1-25-18(24)12-7-9-21(10-8-12)16(22)11-26-17(23)6-5-13-14(19)3-2-4-15(13)20/h2-6,12H,7-11H2,1H3/b6-5+. The predicted molar refractivity (Wildman–Crippen MR) is 97.8 cm³/mol. The first-order chi connectivity index (χ1) is 12.4. The fourth-order valence-corrected chi connectivity index (χ4v) is 3.15. The fourth-order valence-electron chi connectivity index (χ4n) is 2.62. The van der Waals surface area contributed by atoms with Crippen molar-refractivity contribution in [2.45, 2.75) is 12.8 Å². The zero-order valence-electron chi connectivity index (χ0n) is 14.2. The molecule has 0 aliphatic carbocycles. The number of amides is 1. The Balaban J connectivity index is 1.80. The third-order valence-corrected chi connectivity index (χ3v) is 4.77. The van der Waals surface area contributed by atoms with Gasteiger partial charge in [0.15, 0.2) is 6.61 Å². The number of piperidine rings is 1. The van der Waals surface area contributed by atoms with Crippen LogP contribution in [0.5, 0.6) is 0 Å². The number of carbonyl (C=O) groups excluding carboxylic acids is 3. The molecule has 1 amide bonds. The summed E-state index contributed by atoms with van der Waals surface area (Å²) < 4.78 is 9.67. The molecule has 6 nitrogen and oxygen atoms in total. The minimum atomic E-state index is -0.668. The van der Waals surface area contributed by atoms with Gasteiger partial charge in [0, 0.05) is 34.8 Å². The maximum Gasteiger partial charge on any atom is 0.331 e. The van der Waals surface area contributed by atoms with Crippen molar-refractivity contribution in [1.29, 1.82) is 0 Å². The van der Waals surface area contributed by atoms with E-state index in [0.29, 0.717) is 41.5 Å².